The van der Waals surface area contributed by atoms with Crippen LogP contribution in [0.1, 0.15) is 11.5 Å². The molecule has 5 nitrogen and oxygen atoms in total. The Morgan fingerprint density at radius 2 is 2.00 bits per heavy atom. The number of benzene rings is 1. The minimum atomic E-state index is 0.470. The summed E-state index contributed by atoms with van der Waals surface area (Å²) in [5, 5.41) is 1.04. The summed E-state index contributed by atoms with van der Waals surface area (Å²) in [4.78, 5) is 8.82. The Balaban J connectivity index is 1.98. The van der Waals surface area contributed by atoms with Gasteiger partial charge < -0.3 is 14.7 Å². The van der Waals surface area contributed by atoms with E-state index in [1.807, 2.05) is 47.9 Å². The van der Waals surface area contributed by atoms with Crippen molar-refractivity contribution in [1.29, 1.82) is 0 Å². The lowest BCUT2D eigenvalue weighted by atomic mass is 10.2. The number of aromatic nitrogens is 3. The SMILES string of the molecule is Cc1ccc(Cn2c(N)nc3cnc4ccccc4c32)o1. The molecule has 4 rings (SSSR count). The van der Waals surface area contributed by atoms with Gasteiger partial charge in [0.05, 0.1) is 23.8 Å². The van der Waals surface area contributed by atoms with Crippen molar-refractivity contribution in [3.8, 4) is 0 Å². The highest BCUT2D eigenvalue weighted by Gasteiger charge is 2.13. The molecule has 0 aliphatic rings. The summed E-state index contributed by atoms with van der Waals surface area (Å²) < 4.78 is 7.62. The van der Waals surface area contributed by atoms with Crippen LogP contribution in [0.5, 0.6) is 0 Å². The van der Waals surface area contributed by atoms with Gasteiger partial charge in [0.15, 0.2) is 0 Å². The minimum Gasteiger partial charge on any atom is -0.464 e. The quantitative estimate of drug-likeness (QED) is 0.611. The highest BCUT2D eigenvalue weighted by molar-refractivity contribution is 6.02. The molecule has 0 aliphatic heterocycles. The Morgan fingerprint density at radius 3 is 2.81 bits per heavy atom. The van der Waals surface area contributed by atoms with Crippen molar-refractivity contribution in [3.63, 3.8) is 0 Å². The van der Waals surface area contributed by atoms with Gasteiger partial charge in [-0.15, -0.1) is 0 Å². The maximum absolute atomic E-state index is 6.08. The molecule has 0 saturated heterocycles. The second-order valence-electron chi connectivity index (χ2n) is 5.08. The van der Waals surface area contributed by atoms with E-state index in [4.69, 9.17) is 10.2 Å². The van der Waals surface area contributed by atoms with Gasteiger partial charge in [-0.25, -0.2) is 4.98 Å². The first kappa shape index (κ1) is 12.0. The standard InChI is InChI=1S/C16H14N4O/c1-10-6-7-11(21-10)9-20-15-12-4-2-3-5-13(12)18-8-14(15)19-16(20)17/h2-8H,9H2,1H3,(H2,17,19). The number of anilines is 1. The molecular weight excluding hydrogens is 264 g/mol. The Morgan fingerprint density at radius 1 is 1.14 bits per heavy atom. The molecular formula is C16H14N4O. The van der Waals surface area contributed by atoms with Crippen LogP contribution in [0.15, 0.2) is 47.0 Å². The summed E-state index contributed by atoms with van der Waals surface area (Å²) in [7, 11) is 0. The minimum absolute atomic E-state index is 0.470. The summed E-state index contributed by atoms with van der Waals surface area (Å²) in [6.45, 7) is 2.49. The van der Waals surface area contributed by atoms with Crippen molar-refractivity contribution in [2.24, 2.45) is 0 Å². The summed E-state index contributed by atoms with van der Waals surface area (Å²) in [6.07, 6.45) is 1.76. The molecule has 0 radical (unpaired) electrons. The molecule has 1 aromatic carbocycles. The van der Waals surface area contributed by atoms with Crippen LogP contribution in [0.4, 0.5) is 5.95 Å². The van der Waals surface area contributed by atoms with Crippen molar-refractivity contribution in [2.45, 2.75) is 13.5 Å². The molecule has 21 heavy (non-hydrogen) atoms. The Labute approximate surface area is 121 Å². The number of pyridine rings is 1. The number of furan rings is 1. The largest absolute Gasteiger partial charge is 0.464 e. The van der Waals surface area contributed by atoms with Crippen molar-refractivity contribution in [2.75, 3.05) is 5.73 Å². The van der Waals surface area contributed by atoms with Crippen LogP contribution in [0.25, 0.3) is 21.9 Å². The Hall–Kier alpha value is -2.82. The summed E-state index contributed by atoms with van der Waals surface area (Å²) in [5.74, 6) is 2.22. The third-order valence-corrected chi connectivity index (χ3v) is 3.62. The van der Waals surface area contributed by atoms with Crippen LogP contribution in [-0.4, -0.2) is 14.5 Å². The number of nitrogen functional groups attached to an aromatic ring is 1. The van der Waals surface area contributed by atoms with Crippen molar-refractivity contribution in [1.82, 2.24) is 14.5 Å². The lowest BCUT2D eigenvalue weighted by molar-refractivity contribution is 0.473. The second-order valence-corrected chi connectivity index (χ2v) is 5.08. The van der Waals surface area contributed by atoms with E-state index < -0.39 is 0 Å². The number of nitrogens with zero attached hydrogens (tertiary/aromatic N) is 3. The molecule has 2 N–H and O–H groups in total. The first-order valence-corrected chi connectivity index (χ1v) is 6.77. The molecule has 3 heterocycles. The van der Waals surface area contributed by atoms with E-state index in [0.29, 0.717) is 12.5 Å². The molecule has 0 spiro atoms. The van der Waals surface area contributed by atoms with E-state index in [0.717, 1.165) is 33.5 Å². The van der Waals surface area contributed by atoms with Gasteiger partial charge in [0, 0.05) is 5.39 Å². The maximum Gasteiger partial charge on any atom is 0.201 e. The fourth-order valence-corrected chi connectivity index (χ4v) is 2.67. The second kappa shape index (κ2) is 4.34. The van der Waals surface area contributed by atoms with Gasteiger partial charge >= 0.3 is 0 Å². The zero-order valence-corrected chi connectivity index (χ0v) is 11.6. The normalized spacial score (nSPS) is 11.5. The molecule has 0 unspecified atom stereocenters. The van der Waals surface area contributed by atoms with Gasteiger partial charge in [0.2, 0.25) is 5.95 Å². The van der Waals surface area contributed by atoms with Crippen LogP contribution in [0, 0.1) is 6.92 Å². The van der Waals surface area contributed by atoms with Gasteiger partial charge in [-0.1, -0.05) is 18.2 Å². The molecule has 0 atom stereocenters. The van der Waals surface area contributed by atoms with E-state index in [1.165, 1.54) is 0 Å². The van der Waals surface area contributed by atoms with Crippen molar-refractivity contribution in [3.05, 3.63) is 54.1 Å². The summed E-state index contributed by atoms with van der Waals surface area (Å²) >= 11 is 0. The lowest BCUT2D eigenvalue weighted by Gasteiger charge is -2.06. The molecule has 4 aromatic rings. The predicted octanol–water partition coefficient (Wildman–Crippen LogP) is 3.12. The van der Waals surface area contributed by atoms with Crippen LogP contribution in [0.3, 0.4) is 0 Å². The number of imidazole rings is 1. The number of hydrogen-bond donors (Lipinski definition) is 1. The first-order valence-electron chi connectivity index (χ1n) is 6.77. The number of para-hydroxylation sites is 1. The van der Waals surface area contributed by atoms with Gasteiger partial charge in [-0.05, 0) is 25.1 Å². The Bertz CT molecular complexity index is 951. The molecule has 104 valence electrons. The highest BCUT2D eigenvalue weighted by atomic mass is 16.3. The number of hydrogen-bond acceptors (Lipinski definition) is 4. The fourth-order valence-electron chi connectivity index (χ4n) is 2.67. The summed E-state index contributed by atoms with van der Waals surface area (Å²) in [6, 6.07) is 11.9. The molecule has 0 fully saturated rings. The highest BCUT2D eigenvalue weighted by Crippen LogP contribution is 2.26. The molecule has 0 amide bonds. The summed E-state index contributed by atoms with van der Waals surface area (Å²) in [5.41, 5.74) is 8.81. The number of nitrogens with two attached hydrogens (primary N) is 1. The van der Waals surface area contributed by atoms with E-state index in [1.54, 1.807) is 6.20 Å². The number of rotatable bonds is 2. The number of aryl methyl sites for hydroxylation is 1. The van der Waals surface area contributed by atoms with E-state index >= 15 is 0 Å². The smallest absolute Gasteiger partial charge is 0.201 e. The van der Waals surface area contributed by atoms with Crippen LogP contribution < -0.4 is 5.73 Å². The maximum atomic E-state index is 6.08. The van der Waals surface area contributed by atoms with E-state index in [-0.39, 0.29) is 0 Å². The monoisotopic (exact) mass is 278 g/mol. The third-order valence-electron chi connectivity index (χ3n) is 3.62. The van der Waals surface area contributed by atoms with Crippen LogP contribution >= 0.6 is 0 Å². The van der Waals surface area contributed by atoms with E-state index in [2.05, 4.69) is 9.97 Å². The molecule has 0 saturated carbocycles. The van der Waals surface area contributed by atoms with Crippen LogP contribution in [-0.2, 0) is 6.54 Å². The number of fused-ring (bicyclic) bond motifs is 3. The average molecular weight is 278 g/mol. The van der Waals surface area contributed by atoms with Gasteiger partial charge in [-0.3, -0.25) is 4.98 Å². The average Bonchev–Trinajstić information content (AvgIpc) is 3.03. The molecule has 3 aromatic heterocycles. The van der Waals surface area contributed by atoms with E-state index in [9.17, 15) is 0 Å². The molecule has 0 aliphatic carbocycles. The van der Waals surface area contributed by atoms with Crippen LogP contribution in [0.2, 0.25) is 0 Å². The fraction of sp³-hybridized carbons (Fsp3) is 0.125. The molecule has 0 bridgehead atoms. The predicted molar refractivity (Wildman–Crippen MR) is 82.0 cm³/mol. The topological polar surface area (TPSA) is 69.9 Å². The van der Waals surface area contributed by atoms with Crippen molar-refractivity contribution >= 4 is 27.9 Å². The third kappa shape index (κ3) is 1.86. The molecule has 5 heteroatoms. The zero-order valence-electron chi connectivity index (χ0n) is 11.6. The van der Waals surface area contributed by atoms with Gasteiger partial charge in [0.1, 0.15) is 17.0 Å². The zero-order chi connectivity index (χ0) is 14.4. The van der Waals surface area contributed by atoms with Gasteiger partial charge in [0.25, 0.3) is 0 Å². The van der Waals surface area contributed by atoms with Crippen molar-refractivity contribution < 1.29 is 4.42 Å². The first-order chi connectivity index (χ1) is 10.2. The lowest BCUT2D eigenvalue weighted by Crippen LogP contribution is -2.04. The Kier molecular flexibility index (Phi) is 2.47. The van der Waals surface area contributed by atoms with Gasteiger partial charge in [-0.2, -0.15) is 0 Å².